The minimum absolute atomic E-state index is 0.117. The number of carbonyl (C=O) groups excluding carboxylic acids is 1. The van der Waals surface area contributed by atoms with E-state index in [-0.39, 0.29) is 11.6 Å². The van der Waals surface area contributed by atoms with Crippen molar-refractivity contribution in [2.75, 3.05) is 13.2 Å². The molecule has 0 N–H and O–H groups in total. The van der Waals surface area contributed by atoms with E-state index < -0.39 is 0 Å². The van der Waals surface area contributed by atoms with Gasteiger partial charge >= 0.3 is 5.97 Å². The first-order valence-electron chi connectivity index (χ1n) is 6.87. The van der Waals surface area contributed by atoms with Crippen molar-refractivity contribution in [3.8, 4) is 0 Å². The van der Waals surface area contributed by atoms with E-state index in [4.69, 9.17) is 9.47 Å². The molecule has 0 amide bonds. The fourth-order valence-corrected chi connectivity index (χ4v) is 1.97. The van der Waals surface area contributed by atoms with Crippen LogP contribution in [0.15, 0.2) is 0 Å². The molecule has 0 saturated carbocycles. The van der Waals surface area contributed by atoms with Crippen LogP contribution < -0.4 is 0 Å². The van der Waals surface area contributed by atoms with Gasteiger partial charge in [-0.15, -0.1) is 0 Å². The Bertz CT molecular complexity index is 204. The quantitative estimate of drug-likeness (QED) is 0.434. The lowest BCUT2D eigenvalue weighted by molar-refractivity contribution is -0.145. The molecule has 3 heteroatoms. The highest BCUT2D eigenvalue weighted by molar-refractivity contribution is 5.69. The molecule has 0 radical (unpaired) electrons. The van der Waals surface area contributed by atoms with E-state index in [9.17, 15) is 4.79 Å². The van der Waals surface area contributed by atoms with E-state index in [1.165, 1.54) is 12.8 Å². The molecule has 1 atom stereocenters. The monoisotopic (exact) mass is 244 g/mol. The van der Waals surface area contributed by atoms with E-state index in [2.05, 4.69) is 13.8 Å². The molecule has 0 aliphatic rings. The summed E-state index contributed by atoms with van der Waals surface area (Å²) in [6.45, 7) is 9.29. The predicted molar refractivity (Wildman–Crippen MR) is 70.0 cm³/mol. The zero-order chi connectivity index (χ0) is 13.1. The average molecular weight is 244 g/mol. The van der Waals surface area contributed by atoms with Gasteiger partial charge in [0.15, 0.2) is 0 Å². The second-order valence-electron chi connectivity index (χ2n) is 4.65. The van der Waals surface area contributed by atoms with Crippen LogP contribution >= 0.6 is 0 Å². The number of esters is 1. The summed E-state index contributed by atoms with van der Waals surface area (Å²) in [5.74, 6) is -0.117. The van der Waals surface area contributed by atoms with E-state index in [0.717, 1.165) is 19.3 Å². The average Bonchev–Trinajstić information content (AvgIpc) is 2.28. The first-order chi connectivity index (χ1) is 8.08. The number of hydrogen-bond acceptors (Lipinski definition) is 3. The first kappa shape index (κ1) is 16.4. The van der Waals surface area contributed by atoms with E-state index in [1.54, 1.807) is 0 Å². The molecule has 0 spiro atoms. The smallest absolute Gasteiger partial charge is 0.305 e. The van der Waals surface area contributed by atoms with Crippen molar-refractivity contribution in [1.29, 1.82) is 0 Å². The summed E-state index contributed by atoms with van der Waals surface area (Å²) in [7, 11) is 0. The van der Waals surface area contributed by atoms with Gasteiger partial charge in [-0.05, 0) is 33.6 Å². The third kappa shape index (κ3) is 8.19. The van der Waals surface area contributed by atoms with Gasteiger partial charge in [-0.3, -0.25) is 4.79 Å². The van der Waals surface area contributed by atoms with Gasteiger partial charge in [-0.25, -0.2) is 0 Å². The lowest BCUT2D eigenvalue weighted by Gasteiger charge is -2.29. The first-order valence-corrected chi connectivity index (χ1v) is 6.87. The van der Waals surface area contributed by atoms with Crippen molar-refractivity contribution in [1.82, 2.24) is 0 Å². The van der Waals surface area contributed by atoms with Crippen LogP contribution in [-0.4, -0.2) is 24.8 Å². The van der Waals surface area contributed by atoms with E-state index in [1.807, 2.05) is 13.8 Å². The summed E-state index contributed by atoms with van der Waals surface area (Å²) in [4.78, 5) is 11.3. The summed E-state index contributed by atoms with van der Waals surface area (Å²) >= 11 is 0. The Morgan fingerprint density at radius 3 is 2.29 bits per heavy atom. The van der Waals surface area contributed by atoms with Gasteiger partial charge < -0.3 is 9.47 Å². The summed E-state index contributed by atoms with van der Waals surface area (Å²) in [6, 6.07) is 0. The summed E-state index contributed by atoms with van der Waals surface area (Å²) in [5, 5.41) is 0. The maximum Gasteiger partial charge on any atom is 0.305 e. The molecule has 3 nitrogen and oxygen atoms in total. The number of carbonyl (C=O) groups is 1. The Hall–Kier alpha value is -0.570. The van der Waals surface area contributed by atoms with Gasteiger partial charge in [0.2, 0.25) is 0 Å². The van der Waals surface area contributed by atoms with Crippen molar-refractivity contribution in [2.24, 2.45) is 0 Å². The third-order valence-corrected chi connectivity index (χ3v) is 2.97. The molecule has 102 valence electrons. The predicted octanol–water partition coefficient (Wildman–Crippen LogP) is 3.71. The molecule has 0 aromatic heterocycles. The standard InChI is InChI=1S/C14H28O3/c1-5-8-9-11-14(4,17-7-3)12-10-13(15)16-6-2/h5-12H2,1-4H3. The Morgan fingerprint density at radius 1 is 1.06 bits per heavy atom. The molecular weight excluding hydrogens is 216 g/mol. The van der Waals surface area contributed by atoms with Crippen molar-refractivity contribution >= 4 is 5.97 Å². The van der Waals surface area contributed by atoms with Crippen LogP contribution in [0.4, 0.5) is 0 Å². The van der Waals surface area contributed by atoms with Crippen molar-refractivity contribution in [2.45, 2.75) is 71.8 Å². The fourth-order valence-electron chi connectivity index (χ4n) is 1.97. The molecule has 17 heavy (non-hydrogen) atoms. The second kappa shape index (κ2) is 9.46. The van der Waals surface area contributed by atoms with Gasteiger partial charge in [0, 0.05) is 13.0 Å². The molecule has 0 aromatic carbocycles. The van der Waals surface area contributed by atoms with Gasteiger partial charge in [0.25, 0.3) is 0 Å². The second-order valence-corrected chi connectivity index (χ2v) is 4.65. The molecule has 0 rings (SSSR count). The molecule has 0 saturated heterocycles. The number of unbranched alkanes of at least 4 members (excludes halogenated alkanes) is 2. The lowest BCUT2D eigenvalue weighted by Crippen LogP contribution is -2.30. The van der Waals surface area contributed by atoms with Gasteiger partial charge in [-0.1, -0.05) is 26.2 Å². The molecule has 1 unspecified atom stereocenters. The Kier molecular flexibility index (Phi) is 9.14. The highest BCUT2D eigenvalue weighted by atomic mass is 16.5. The van der Waals surface area contributed by atoms with Crippen LogP contribution in [0.3, 0.4) is 0 Å². The summed E-state index contributed by atoms with van der Waals surface area (Å²) in [5.41, 5.74) is -0.170. The lowest BCUT2D eigenvalue weighted by atomic mass is 9.93. The van der Waals surface area contributed by atoms with Gasteiger partial charge in [-0.2, -0.15) is 0 Å². The molecule has 0 aliphatic heterocycles. The van der Waals surface area contributed by atoms with Crippen LogP contribution in [0.5, 0.6) is 0 Å². The fraction of sp³-hybridized carbons (Fsp3) is 0.929. The zero-order valence-electron chi connectivity index (χ0n) is 11.9. The number of rotatable bonds is 10. The van der Waals surface area contributed by atoms with E-state index in [0.29, 0.717) is 19.6 Å². The van der Waals surface area contributed by atoms with E-state index >= 15 is 0 Å². The zero-order valence-corrected chi connectivity index (χ0v) is 11.9. The molecule has 0 fully saturated rings. The van der Waals surface area contributed by atoms with Gasteiger partial charge in [0.1, 0.15) is 0 Å². The molecule has 0 heterocycles. The SMILES string of the molecule is CCCCCC(C)(CCC(=O)OCC)OCC. The molecule has 0 bridgehead atoms. The number of hydrogen-bond donors (Lipinski definition) is 0. The third-order valence-electron chi connectivity index (χ3n) is 2.97. The summed E-state index contributed by atoms with van der Waals surface area (Å²) in [6.07, 6.45) is 5.83. The largest absolute Gasteiger partial charge is 0.466 e. The summed E-state index contributed by atoms with van der Waals surface area (Å²) < 4.78 is 10.7. The Morgan fingerprint density at radius 2 is 1.76 bits per heavy atom. The van der Waals surface area contributed by atoms with Crippen LogP contribution in [-0.2, 0) is 14.3 Å². The Labute approximate surface area is 106 Å². The van der Waals surface area contributed by atoms with Crippen LogP contribution in [0, 0.1) is 0 Å². The van der Waals surface area contributed by atoms with Crippen LogP contribution in [0.2, 0.25) is 0 Å². The maximum atomic E-state index is 11.3. The Balaban J connectivity index is 4.05. The molecule has 0 aromatic rings. The van der Waals surface area contributed by atoms with Crippen LogP contribution in [0.25, 0.3) is 0 Å². The minimum atomic E-state index is -0.170. The topological polar surface area (TPSA) is 35.5 Å². The van der Waals surface area contributed by atoms with Crippen molar-refractivity contribution in [3.05, 3.63) is 0 Å². The van der Waals surface area contributed by atoms with Crippen molar-refractivity contribution < 1.29 is 14.3 Å². The highest BCUT2D eigenvalue weighted by Gasteiger charge is 2.25. The van der Waals surface area contributed by atoms with Gasteiger partial charge in [0.05, 0.1) is 12.2 Å². The molecule has 0 aliphatic carbocycles. The highest BCUT2D eigenvalue weighted by Crippen LogP contribution is 2.25. The maximum absolute atomic E-state index is 11.3. The van der Waals surface area contributed by atoms with Crippen molar-refractivity contribution in [3.63, 3.8) is 0 Å². The van der Waals surface area contributed by atoms with Crippen LogP contribution in [0.1, 0.15) is 66.2 Å². The number of ether oxygens (including phenoxy) is 2. The normalized spacial score (nSPS) is 14.4. The molecular formula is C14H28O3. The minimum Gasteiger partial charge on any atom is -0.466 e.